The molecule has 0 aliphatic carbocycles. The fraction of sp³-hybridized carbons (Fsp3) is 0.375. The SMILES string of the molecule is CCc1c(N)ccc(=O)n1C. The number of aromatic nitrogens is 1. The summed E-state index contributed by atoms with van der Waals surface area (Å²) in [6, 6.07) is 3.13. The summed E-state index contributed by atoms with van der Waals surface area (Å²) in [5, 5.41) is 0. The lowest BCUT2D eigenvalue weighted by molar-refractivity contribution is 0.786. The lowest BCUT2D eigenvalue weighted by Gasteiger charge is -2.07. The lowest BCUT2D eigenvalue weighted by atomic mass is 10.2. The molecule has 0 bridgehead atoms. The summed E-state index contributed by atoms with van der Waals surface area (Å²) in [5.74, 6) is 0. The third-order valence-corrected chi connectivity index (χ3v) is 1.81. The van der Waals surface area contributed by atoms with E-state index < -0.39 is 0 Å². The molecule has 3 heteroatoms. The van der Waals surface area contributed by atoms with E-state index in [0.29, 0.717) is 5.69 Å². The Labute approximate surface area is 65.5 Å². The Morgan fingerprint density at radius 3 is 2.64 bits per heavy atom. The molecule has 0 aliphatic heterocycles. The summed E-state index contributed by atoms with van der Waals surface area (Å²) in [5.41, 5.74) is 7.23. The fourth-order valence-corrected chi connectivity index (χ4v) is 1.14. The highest BCUT2D eigenvalue weighted by Gasteiger charge is 2.00. The number of nitrogens with zero attached hydrogens (tertiary/aromatic N) is 1. The monoisotopic (exact) mass is 152 g/mol. The molecule has 1 heterocycles. The van der Waals surface area contributed by atoms with E-state index in [9.17, 15) is 4.79 Å². The van der Waals surface area contributed by atoms with Gasteiger partial charge in [0.1, 0.15) is 0 Å². The number of pyridine rings is 1. The zero-order chi connectivity index (χ0) is 8.43. The van der Waals surface area contributed by atoms with Crippen LogP contribution in [0, 0.1) is 0 Å². The van der Waals surface area contributed by atoms with E-state index in [1.54, 1.807) is 17.7 Å². The molecule has 11 heavy (non-hydrogen) atoms. The van der Waals surface area contributed by atoms with Crippen molar-refractivity contribution in [3.63, 3.8) is 0 Å². The Morgan fingerprint density at radius 1 is 1.55 bits per heavy atom. The fourth-order valence-electron chi connectivity index (χ4n) is 1.14. The predicted molar refractivity (Wildman–Crippen MR) is 45.5 cm³/mol. The summed E-state index contributed by atoms with van der Waals surface area (Å²) >= 11 is 0. The highest BCUT2D eigenvalue weighted by Crippen LogP contribution is 2.06. The highest BCUT2D eigenvalue weighted by atomic mass is 16.1. The first-order chi connectivity index (χ1) is 5.16. The van der Waals surface area contributed by atoms with E-state index in [4.69, 9.17) is 5.73 Å². The molecule has 0 saturated heterocycles. The maximum absolute atomic E-state index is 11.1. The van der Waals surface area contributed by atoms with Gasteiger partial charge in [-0.05, 0) is 12.5 Å². The first kappa shape index (κ1) is 7.85. The highest BCUT2D eigenvalue weighted by molar-refractivity contribution is 5.42. The largest absolute Gasteiger partial charge is 0.397 e. The first-order valence-corrected chi connectivity index (χ1v) is 3.61. The minimum Gasteiger partial charge on any atom is -0.397 e. The van der Waals surface area contributed by atoms with Crippen molar-refractivity contribution in [1.82, 2.24) is 4.57 Å². The topological polar surface area (TPSA) is 48.0 Å². The van der Waals surface area contributed by atoms with Crippen molar-refractivity contribution in [2.75, 3.05) is 5.73 Å². The molecule has 0 spiro atoms. The van der Waals surface area contributed by atoms with Crippen molar-refractivity contribution in [1.29, 1.82) is 0 Å². The van der Waals surface area contributed by atoms with Crippen LogP contribution in [0.5, 0.6) is 0 Å². The van der Waals surface area contributed by atoms with Crippen molar-refractivity contribution in [3.05, 3.63) is 28.2 Å². The molecule has 1 aromatic heterocycles. The Balaban J connectivity index is 3.41. The average molecular weight is 152 g/mol. The minimum absolute atomic E-state index is 0.00366. The van der Waals surface area contributed by atoms with E-state index in [2.05, 4.69) is 0 Å². The molecule has 2 N–H and O–H groups in total. The number of nitrogen functional groups attached to an aromatic ring is 1. The molecule has 0 aliphatic rings. The maximum atomic E-state index is 11.1. The second-order valence-corrected chi connectivity index (χ2v) is 2.49. The van der Waals surface area contributed by atoms with Gasteiger partial charge in [-0.2, -0.15) is 0 Å². The van der Waals surface area contributed by atoms with Gasteiger partial charge in [-0.25, -0.2) is 0 Å². The van der Waals surface area contributed by atoms with Gasteiger partial charge in [-0.15, -0.1) is 0 Å². The molecule has 1 rings (SSSR count). The molecule has 3 nitrogen and oxygen atoms in total. The predicted octanol–water partition coefficient (Wildman–Crippen LogP) is 0.530. The van der Waals surface area contributed by atoms with Crippen molar-refractivity contribution in [2.45, 2.75) is 13.3 Å². The van der Waals surface area contributed by atoms with E-state index in [-0.39, 0.29) is 5.56 Å². The molecule has 0 fully saturated rings. The second kappa shape index (κ2) is 2.78. The molecule has 0 amide bonds. The summed E-state index contributed by atoms with van der Waals surface area (Å²) < 4.78 is 1.58. The van der Waals surface area contributed by atoms with Gasteiger partial charge in [-0.3, -0.25) is 4.79 Å². The van der Waals surface area contributed by atoms with E-state index in [1.165, 1.54) is 6.07 Å². The molecule has 0 unspecified atom stereocenters. The molecule has 0 atom stereocenters. The van der Waals surface area contributed by atoms with Crippen LogP contribution in [-0.4, -0.2) is 4.57 Å². The number of hydrogen-bond donors (Lipinski definition) is 1. The molecular weight excluding hydrogens is 140 g/mol. The summed E-state index contributed by atoms with van der Waals surface area (Å²) in [4.78, 5) is 11.1. The van der Waals surface area contributed by atoms with E-state index in [0.717, 1.165) is 12.1 Å². The second-order valence-electron chi connectivity index (χ2n) is 2.49. The molecule has 0 radical (unpaired) electrons. The van der Waals surface area contributed by atoms with Gasteiger partial charge < -0.3 is 10.3 Å². The first-order valence-electron chi connectivity index (χ1n) is 3.61. The Morgan fingerprint density at radius 2 is 2.18 bits per heavy atom. The standard InChI is InChI=1S/C8H12N2O/c1-3-7-6(9)4-5-8(11)10(7)2/h4-5H,3,9H2,1-2H3. The smallest absolute Gasteiger partial charge is 0.250 e. The average Bonchev–Trinajstić information content (AvgIpc) is 1.99. The van der Waals surface area contributed by atoms with Gasteiger partial charge in [0.25, 0.3) is 5.56 Å². The van der Waals surface area contributed by atoms with Crippen LogP contribution in [0.2, 0.25) is 0 Å². The number of hydrogen-bond acceptors (Lipinski definition) is 2. The van der Waals surface area contributed by atoms with E-state index in [1.807, 2.05) is 6.92 Å². The van der Waals surface area contributed by atoms with Crippen LogP contribution in [0.4, 0.5) is 5.69 Å². The number of rotatable bonds is 1. The molecule has 0 saturated carbocycles. The van der Waals surface area contributed by atoms with Crippen LogP contribution < -0.4 is 11.3 Å². The van der Waals surface area contributed by atoms with Crippen LogP contribution in [0.15, 0.2) is 16.9 Å². The van der Waals surface area contributed by atoms with Gasteiger partial charge >= 0.3 is 0 Å². The Hall–Kier alpha value is -1.25. The van der Waals surface area contributed by atoms with Crippen LogP contribution >= 0.6 is 0 Å². The summed E-state index contributed by atoms with van der Waals surface area (Å²) in [7, 11) is 1.73. The minimum atomic E-state index is -0.00366. The quantitative estimate of drug-likeness (QED) is 0.638. The molecular formula is C8H12N2O. The molecule has 1 aromatic rings. The Bertz CT molecular complexity index is 314. The zero-order valence-electron chi connectivity index (χ0n) is 6.79. The number of anilines is 1. The molecule has 60 valence electrons. The van der Waals surface area contributed by atoms with Gasteiger partial charge in [0, 0.05) is 18.8 Å². The third-order valence-electron chi connectivity index (χ3n) is 1.81. The summed E-state index contributed by atoms with van der Waals surface area (Å²) in [6.07, 6.45) is 0.790. The van der Waals surface area contributed by atoms with Gasteiger partial charge in [0.2, 0.25) is 0 Å². The van der Waals surface area contributed by atoms with Crippen LogP contribution in [0.3, 0.4) is 0 Å². The summed E-state index contributed by atoms with van der Waals surface area (Å²) in [6.45, 7) is 1.98. The van der Waals surface area contributed by atoms with Crippen molar-refractivity contribution >= 4 is 5.69 Å². The molecule has 0 aromatic carbocycles. The maximum Gasteiger partial charge on any atom is 0.250 e. The van der Waals surface area contributed by atoms with Crippen molar-refractivity contribution in [2.24, 2.45) is 7.05 Å². The van der Waals surface area contributed by atoms with E-state index >= 15 is 0 Å². The normalized spacial score (nSPS) is 10.0. The van der Waals surface area contributed by atoms with Crippen molar-refractivity contribution < 1.29 is 0 Å². The van der Waals surface area contributed by atoms with Gasteiger partial charge in [0.05, 0.1) is 5.69 Å². The third kappa shape index (κ3) is 1.27. The van der Waals surface area contributed by atoms with Crippen LogP contribution in [-0.2, 0) is 13.5 Å². The van der Waals surface area contributed by atoms with Gasteiger partial charge in [0.15, 0.2) is 0 Å². The van der Waals surface area contributed by atoms with Crippen LogP contribution in [0.25, 0.3) is 0 Å². The van der Waals surface area contributed by atoms with Gasteiger partial charge in [-0.1, -0.05) is 6.92 Å². The Kier molecular flexibility index (Phi) is 1.98. The van der Waals surface area contributed by atoms with Crippen molar-refractivity contribution in [3.8, 4) is 0 Å². The number of nitrogens with two attached hydrogens (primary N) is 1. The lowest BCUT2D eigenvalue weighted by Crippen LogP contribution is -2.20. The zero-order valence-corrected chi connectivity index (χ0v) is 6.79. The van der Waals surface area contributed by atoms with Crippen LogP contribution in [0.1, 0.15) is 12.6 Å².